The molecule has 1 amide bonds. The monoisotopic (exact) mass is 823 g/mol. The van der Waals surface area contributed by atoms with Gasteiger partial charge in [0.1, 0.15) is 41.2 Å². The highest BCUT2D eigenvalue weighted by Crippen LogP contribution is 2.74. The lowest BCUT2D eigenvalue weighted by atomic mass is 9.44. The molecule has 1 spiro atoms. The summed E-state index contributed by atoms with van der Waals surface area (Å²) >= 11 is 0. The van der Waals surface area contributed by atoms with E-state index in [1.807, 2.05) is 27.7 Å². The number of Topliss-reactive ketones (excluding diaryl/α,β-unsaturated/α-hetero) is 1. The van der Waals surface area contributed by atoms with Gasteiger partial charge in [-0.15, -0.1) is 0 Å². The molecule has 322 valence electrons. The number of hydrogen-bond donors (Lipinski definition) is 5. The van der Waals surface area contributed by atoms with Gasteiger partial charge < -0.3 is 45.5 Å². The summed E-state index contributed by atoms with van der Waals surface area (Å²) in [4.78, 5) is 33.7. The van der Waals surface area contributed by atoms with Gasteiger partial charge in [0, 0.05) is 60.5 Å². The molecule has 4 heterocycles. The minimum absolute atomic E-state index is 0.0172. The van der Waals surface area contributed by atoms with Crippen LogP contribution in [0.25, 0.3) is 11.8 Å². The standard InChI is InChI=1S/C47H61N5O8/c1-26(2)10-9-15-45(8)16-14-30-38(58-45)29(12-11-27(3)4)40-35(39(30)57-23-20-50-18-21-53)37-36-34(32(25-48)42(49)52-37)31-24-33-44(6,7)60-46(41(31)55,47(33,36)59-40)17-13-28(5)43(56)51-19-22-54/h10-11,13-14,16,31-34,50,53-54H,9,12,15,17-24H2,1-8H3,(H2,49,52)(H,51,56). The molecule has 1 aromatic carbocycles. The number of carbonyl (C=O) groups excluding carboxylic acids is 2. The number of carbonyl (C=O) groups is 2. The predicted octanol–water partition coefficient (Wildman–Crippen LogP) is 5.25. The number of aliphatic hydroxyl groups is 2. The first kappa shape index (κ1) is 43.4. The van der Waals surface area contributed by atoms with E-state index in [1.54, 1.807) is 13.0 Å². The fraction of sp³-hybridized carbons (Fsp3) is 0.574. The van der Waals surface area contributed by atoms with Crippen molar-refractivity contribution in [1.82, 2.24) is 10.6 Å². The molecule has 7 unspecified atom stereocenters. The molecule has 7 atom stereocenters. The molecular weight excluding hydrogens is 763 g/mol. The number of rotatable bonds is 16. The van der Waals surface area contributed by atoms with Crippen molar-refractivity contribution in [3.05, 3.63) is 63.3 Å². The number of nitrogens with one attached hydrogen (secondary N) is 2. The van der Waals surface area contributed by atoms with E-state index in [0.29, 0.717) is 72.0 Å². The average molecular weight is 824 g/mol. The van der Waals surface area contributed by atoms with Crippen LogP contribution in [-0.2, 0) is 20.7 Å². The number of nitriles is 1. The van der Waals surface area contributed by atoms with Crippen LogP contribution in [0.2, 0.25) is 0 Å². The van der Waals surface area contributed by atoms with Crippen LogP contribution in [-0.4, -0.2) is 89.6 Å². The van der Waals surface area contributed by atoms with Gasteiger partial charge in [0.05, 0.1) is 41.7 Å². The van der Waals surface area contributed by atoms with Crippen LogP contribution in [0.1, 0.15) is 97.8 Å². The van der Waals surface area contributed by atoms with Gasteiger partial charge in [-0.25, -0.2) is 4.99 Å². The summed E-state index contributed by atoms with van der Waals surface area (Å²) in [5, 5.41) is 35.5. The summed E-state index contributed by atoms with van der Waals surface area (Å²) in [6.07, 6.45) is 12.6. The number of amidine groups is 1. The number of amides is 1. The predicted molar refractivity (Wildman–Crippen MR) is 229 cm³/mol. The Morgan fingerprint density at radius 3 is 2.47 bits per heavy atom. The van der Waals surface area contributed by atoms with Crippen LogP contribution in [0.5, 0.6) is 17.2 Å². The normalized spacial score (nSPS) is 29.9. The van der Waals surface area contributed by atoms with E-state index < -0.39 is 40.2 Å². The lowest BCUT2D eigenvalue weighted by Gasteiger charge is -2.62. The lowest BCUT2D eigenvalue weighted by molar-refractivity contribution is -0.183. The zero-order valence-corrected chi connectivity index (χ0v) is 36.3. The van der Waals surface area contributed by atoms with E-state index in [-0.39, 0.29) is 56.2 Å². The maximum absolute atomic E-state index is 15.4. The van der Waals surface area contributed by atoms with Gasteiger partial charge in [-0.2, -0.15) is 5.26 Å². The Balaban J connectivity index is 1.53. The van der Waals surface area contributed by atoms with E-state index in [1.165, 1.54) is 5.57 Å². The second-order valence-electron chi connectivity index (χ2n) is 18.3. The number of allylic oxidation sites excluding steroid dienone is 4. The van der Waals surface area contributed by atoms with E-state index in [9.17, 15) is 20.3 Å². The number of fused-ring (bicyclic) bond motifs is 3. The van der Waals surface area contributed by atoms with Gasteiger partial charge in [0.15, 0.2) is 17.0 Å². The molecule has 8 rings (SSSR count). The first-order valence-corrected chi connectivity index (χ1v) is 21.3. The van der Waals surface area contributed by atoms with Crippen LogP contribution >= 0.6 is 0 Å². The van der Waals surface area contributed by atoms with E-state index in [0.717, 1.165) is 23.1 Å². The number of benzene rings is 1. The molecule has 1 saturated heterocycles. The molecule has 0 aromatic heterocycles. The molecule has 13 heteroatoms. The molecule has 0 radical (unpaired) electrons. The summed E-state index contributed by atoms with van der Waals surface area (Å²) in [7, 11) is 0. The van der Waals surface area contributed by atoms with Gasteiger partial charge in [-0.3, -0.25) is 9.59 Å². The van der Waals surface area contributed by atoms with Crippen molar-refractivity contribution < 1.29 is 38.7 Å². The van der Waals surface area contributed by atoms with Crippen molar-refractivity contribution in [2.75, 3.05) is 39.5 Å². The van der Waals surface area contributed by atoms with Gasteiger partial charge in [-0.05, 0) is 93.2 Å². The Morgan fingerprint density at radius 1 is 1.05 bits per heavy atom. The van der Waals surface area contributed by atoms with Crippen LogP contribution in [0.4, 0.5) is 0 Å². The van der Waals surface area contributed by atoms with Gasteiger partial charge >= 0.3 is 0 Å². The minimum atomic E-state index is -1.60. The Bertz CT molecular complexity index is 2190. The van der Waals surface area contributed by atoms with Crippen LogP contribution in [0.15, 0.2) is 51.6 Å². The molecule has 3 saturated carbocycles. The van der Waals surface area contributed by atoms with Gasteiger partial charge in [0.2, 0.25) is 5.91 Å². The molecule has 1 aromatic rings. The lowest BCUT2D eigenvalue weighted by Crippen LogP contribution is -2.75. The number of ether oxygens (including phenoxy) is 4. The van der Waals surface area contributed by atoms with Crippen molar-refractivity contribution in [1.29, 1.82) is 5.26 Å². The van der Waals surface area contributed by atoms with Crippen molar-refractivity contribution in [3.63, 3.8) is 0 Å². The van der Waals surface area contributed by atoms with E-state index in [2.05, 4.69) is 61.8 Å². The molecule has 3 aliphatic carbocycles. The maximum atomic E-state index is 15.4. The highest BCUT2D eigenvalue weighted by atomic mass is 16.6. The number of hydrogen-bond acceptors (Lipinski definition) is 12. The number of aliphatic imine (C=N–C) groups is 1. The summed E-state index contributed by atoms with van der Waals surface area (Å²) < 4.78 is 28.8. The summed E-state index contributed by atoms with van der Waals surface area (Å²) in [6.45, 7) is 16.9. The largest absolute Gasteiger partial charge is 0.491 e. The number of nitrogens with zero attached hydrogens (tertiary/aromatic N) is 2. The summed E-state index contributed by atoms with van der Waals surface area (Å²) in [5.74, 6) is -1.38. The first-order chi connectivity index (χ1) is 28.5. The fourth-order valence-corrected chi connectivity index (χ4v) is 10.5. The van der Waals surface area contributed by atoms with Crippen LogP contribution in [0.3, 0.4) is 0 Å². The topological polar surface area (TPSA) is 198 Å². The van der Waals surface area contributed by atoms with E-state index in [4.69, 9.17) is 29.7 Å². The van der Waals surface area contributed by atoms with E-state index >= 15 is 4.79 Å². The zero-order chi connectivity index (χ0) is 43.4. The van der Waals surface area contributed by atoms with Gasteiger partial charge in [0.25, 0.3) is 0 Å². The fourth-order valence-electron chi connectivity index (χ4n) is 10.5. The molecule has 4 fully saturated rings. The Morgan fingerprint density at radius 2 is 1.78 bits per heavy atom. The van der Waals surface area contributed by atoms with Crippen molar-refractivity contribution in [2.24, 2.45) is 34.4 Å². The summed E-state index contributed by atoms with van der Waals surface area (Å²) in [5.41, 5.74) is 8.19. The Kier molecular flexibility index (Phi) is 11.8. The SMILES string of the molecule is CC(C)=CCCC1(C)C=Cc2c(c(CC=C(C)C)c3c(c2OCCNCCO)C2=C4C(C(C#N)C(N)=N2)C2CC5C(C)(C)OC(CC=C(C)C(=O)NCCO)(C2=O)C45O3)O1. The molecule has 13 nitrogen and oxygen atoms in total. The minimum Gasteiger partial charge on any atom is -0.491 e. The third kappa shape index (κ3) is 6.89. The Hall–Kier alpha value is -4.74. The molecule has 4 aliphatic heterocycles. The molecule has 4 bridgehead atoms. The van der Waals surface area contributed by atoms with Crippen molar-refractivity contribution in [3.8, 4) is 23.3 Å². The number of aliphatic hydroxyl groups excluding tert-OH is 2. The average Bonchev–Trinajstić information content (AvgIpc) is 3.34. The zero-order valence-electron chi connectivity index (χ0n) is 36.3. The second-order valence-corrected chi connectivity index (χ2v) is 18.3. The van der Waals surface area contributed by atoms with Crippen LogP contribution < -0.4 is 30.6 Å². The smallest absolute Gasteiger partial charge is 0.246 e. The Labute approximate surface area is 353 Å². The highest BCUT2D eigenvalue weighted by Gasteiger charge is 2.84. The van der Waals surface area contributed by atoms with Crippen LogP contribution in [0, 0.1) is 35.0 Å². The first-order valence-electron chi connectivity index (χ1n) is 21.3. The molecule has 6 N–H and O–H groups in total. The number of ketones is 1. The quantitative estimate of drug-likeness (QED) is 0.0830. The third-order valence-corrected chi connectivity index (χ3v) is 13.2. The van der Waals surface area contributed by atoms with Crippen molar-refractivity contribution in [2.45, 2.75) is 110 Å². The molecule has 60 heavy (non-hydrogen) atoms. The highest BCUT2D eigenvalue weighted by molar-refractivity contribution is 6.05. The maximum Gasteiger partial charge on any atom is 0.246 e. The van der Waals surface area contributed by atoms with Gasteiger partial charge in [-0.1, -0.05) is 29.4 Å². The second kappa shape index (κ2) is 16.3. The summed E-state index contributed by atoms with van der Waals surface area (Å²) in [6, 6.07) is 2.40. The molecular formula is C47H61N5O8. The molecule has 7 aliphatic rings. The van der Waals surface area contributed by atoms with Crippen molar-refractivity contribution >= 4 is 29.3 Å². The number of nitrogens with two attached hydrogens (primary N) is 1. The third-order valence-electron chi connectivity index (χ3n) is 13.2.